The third kappa shape index (κ3) is 11.2. The number of nitrogens with zero attached hydrogens (tertiary/aromatic N) is 4. The minimum Gasteiger partial charge on any atom is -0.508 e. The first-order chi connectivity index (χ1) is 53.7. The van der Waals surface area contributed by atoms with Crippen LogP contribution in [-0.2, 0) is 85.7 Å². The van der Waals surface area contributed by atoms with Crippen LogP contribution in [0.15, 0.2) is 72.8 Å². The van der Waals surface area contributed by atoms with E-state index in [4.69, 9.17) is 0 Å². The molecule has 8 saturated carbocycles. The summed E-state index contributed by atoms with van der Waals surface area (Å²) in [4.78, 5) is 111. The standard InChI is InChI=1S/2C24H30N2O2.2C23H28N2O3/c2*1-16-2-5-18-12-22-6-7-24(20(27)11-21(28)25-24)14-23(22,19(18)10-16)8-9-26(15-22)13-17-3-4-17;2*26-17-4-3-16-11-21-5-6-23(19(27)10-20(28)24-23)13-22(21,18(16)9-17)7-8-25(14-21)12-15-1-2-15/h2*2,5,10,17H,3-4,6-9,11-15H2,1H3,(H,25,28);2*3-4,9,15,26H,1-2,5-8,10-14H2,(H,24,28)/t22-,23+,24+;22-,23+,24-;21-,22+,23+;21-,22+,23-/m0000/s1. The number of likely N-dealkylation sites (tertiary alicyclic amines) is 4. The zero-order chi connectivity index (χ0) is 76.6. The number of benzene rings is 4. The fourth-order valence-electron chi connectivity index (χ4n) is 28.8. The van der Waals surface area contributed by atoms with Gasteiger partial charge in [0.15, 0.2) is 23.1 Å². The maximum absolute atomic E-state index is 12.9. The molecule has 20 aliphatic rings. The predicted octanol–water partition coefficient (Wildman–Crippen LogP) is 10.4. The van der Waals surface area contributed by atoms with Crippen molar-refractivity contribution in [1.29, 1.82) is 0 Å². The lowest BCUT2D eigenvalue weighted by atomic mass is 9.49. The molecule has 0 aromatic heterocycles. The molecule has 16 fully saturated rings. The van der Waals surface area contributed by atoms with Crippen LogP contribution in [0.5, 0.6) is 11.5 Å². The number of Topliss-reactive ketones (excluding diaryl/α,β-unsaturated/α-hetero) is 4. The molecule has 4 spiro atoms. The summed E-state index contributed by atoms with van der Waals surface area (Å²) >= 11 is 0. The highest BCUT2D eigenvalue weighted by atomic mass is 16.3. The number of phenolic OH excluding ortho intramolecular Hbond substituents is 2. The second-order valence-corrected chi connectivity index (χ2v) is 41.5. The van der Waals surface area contributed by atoms with E-state index >= 15 is 0 Å². The van der Waals surface area contributed by atoms with Crippen molar-refractivity contribution >= 4 is 46.8 Å². The van der Waals surface area contributed by atoms with Crippen molar-refractivity contribution in [2.75, 3.05) is 78.5 Å². The van der Waals surface area contributed by atoms with Crippen molar-refractivity contribution in [3.8, 4) is 11.5 Å². The summed E-state index contributed by atoms with van der Waals surface area (Å²) in [5.74, 6) is 4.28. The van der Waals surface area contributed by atoms with Crippen LogP contribution in [0.4, 0.5) is 0 Å². The summed E-state index contributed by atoms with van der Waals surface area (Å²) < 4.78 is 0. The van der Waals surface area contributed by atoms with Gasteiger partial charge in [-0.1, -0.05) is 59.7 Å². The van der Waals surface area contributed by atoms with Crippen LogP contribution in [0.25, 0.3) is 0 Å². The third-order valence-corrected chi connectivity index (χ3v) is 34.8. The van der Waals surface area contributed by atoms with Crippen LogP contribution in [0.3, 0.4) is 0 Å². The summed E-state index contributed by atoms with van der Waals surface area (Å²) in [6.07, 6.45) is 30.2. The summed E-state index contributed by atoms with van der Waals surface area (Å²) in [6.45, 7) is 18.1. The number of hydrogen-bond donors (Lipinski definition) is 6. The van der Waals surface area contributed by atoms with Gasteiger partial charge in [0.25, 0.3) is 0 Å². The van der Waals surface area contributed by atoms with Crippen LogP contribution >= 0.6 is 0 Å². The van der Waals surface area contributed by atoms with E-state index in [-0.39, 0.29) is 116 Å². The summed E-state index contributed by atoms with van der Waals surface area (Å²) in [5.41, 5.74) is 11.7. The van der Waals surface area contributed by atoms with Gasteiger partial charge in [-0.3, -0.25) is 38.4 Å². The number of aryl methyl sites for hydroxylation is 2. The van der Waals surface area contributed by atoms with Crippen molar-refractivity contribution in [3.63, 3.8) is 0 Å². The number of rotatable bonds is 8. The fraction of sp³-hybridized carbons (Fsp3) is 0.660. The molecule has 0 unspecified atom stereocenters. The number of carbonyl (C=O) groups is 8. The molecule has 592 valence electrons. The van der Waals surface area contributed by atoms with E-state index in [2.05, 4.69) is 103 Å². The van der Waals surface area contributed by atoms with Crippen LogP contribution in [-0.4, -0.2) is 177 Å². The average Bonchev–Trinajstić information content (AvgIpc) is 1.50. The number of nitrogens with one attached hydrogen (secondary N) is 4. The number of piperidine rings is 4. The number of fused-ring (bicyclic) bond motifs is 4. The summed E-state index contributed by atoms with van der Waals surface area (Å²) in [6, 6.07) is 25.6. The number of carbonyl (C=O) groups excluding carboxylic acids is 8. The number of hydrogen-bond acceptors (Lipinski definition) is 14. The molecule has 8 aliphatic heterocycles. The van der Waals surface area contributed by atoms with Crippen molar-refractivity contribution in [1.82, 2.24) is 40.9 Å². The molecule has 12 aliphatic carbocycles. The smallest absolute Gasteiger partial charge is 0.228 e. The summed E-state index contributed by atoms with van der Waals surface area (Å²) in [5, 5.41) is 33.0. The molecule has 4 aromatic rings. The van der Waals surface area contributed by atoms with Crippen LogP contribution < -0.4 is 21.3 Å². The van der Waals surface area contributed by atoms with Gasteiger partial charge in [0.1, 0.15) is 11.5 Å². The first-order valence-corrected chi connectivity index (χ1v) is 43.9. The molecule has 18 nitrogen and oxygen atoms in total. The molecule has 12 atom stereocenters. The molecule has 4 amide bonds. The quantitative estimate of drug-likeness (QED) is 0.0901. The Morgan fingerprint density at radius 2 is 0.562 bits per heavy atom. The van der Waals surface area contributed by atoms with Gasteiger partial charge in [-0.25, -0.2) is 0 Å². The van der Waals surface area contributed by atoms with Gasteiger partial charge in [-0.15, -0.1) is 0 Å². The molecule has 18 heteroatoms. The van der Waals surface area contributed by atoms with E-state index in [0.717, 1.165) is 192 Å². The average molecular weight is 1520 g/mol. The third-order valence-electron chi connectivity index (χ3n) is 34.8. The maximum Gasteiger partial charge on any atom is 0.228 e. The maximum atomic E-state index is 12.9. The van der Waals surface area contributed by atoms with Crippen molar-refractivity contribution in [2.45, 2.75) is 263 Å². The van der Waals surface area contributed by atoms with Crippen molar-refractivity contribution in [3.05, 3.63) is 128 Å². The number of amides is 4. The van der Waals surface area contributed by atoms with E-state index in [9.17, 15) is 48.6 Å². The Balaban J connectivity index is 0.0000000943. The fourth-order valence-corrected chi connectivity index (χ4v) is 28.8. The monoisotopic (exact) mass is 1520 g/mol. The molecule has 8 heterocycles. The molecule has 4 aromatic carbocycles. The molecule has 0 bridgehead atoms. The molecule has 6 N–H and O–H groups in total. The van der Waals surface area contributed by atoms with Crippen LogP contribution in [0.2, 0.25) is 0 Å². The molecular weight excluding hydrogens is 1400 g/mol. The molecule has 112 heavy (non-hydrogen) atoms. The highest BCUT2D eigenvalue weighted by molar-refractivity contribution is 6.12. The van der Waals surface area contributed by atoms with E-state index < -0.39 is 22.2 Å². The largest absolute Gasteiger partial charge is 0.508 e. The van der Waals surface area contributed by atoms with Gasteiger partial charge in [0, 0.05) is 74.0 Å². The Morgan fingerprint density at radius 3 is 0.795 bits per heavy atom. The number of aromatic hydroxyl groups is 2. The summed E-state index contributed by atoms with van der Waals surface area (Å²) in [7, 11) is 0. The van der Waals surface area contributed by atoms with E-state index in [1.807, 2.05) is 12.1 Å². The van der Waals surface area contributed by atoms with Gasteiger partial charge in [0.05, 0.1) is 47.8 Å². The van der Waals surface area contributed by atoms with Gasteiger partial charge >= 0.3 is 0 Å². The van der Waals surface area contributed by atoms with Gasteiger partial charge in [0.2, 0.25) is 23.6 Å². The highest BCUT2D eigenvalue weighted by Crippen LogP contribution is 2.71. The first kappa shape index (κ1) is 72.6. The van der Waals surface area contributed by atoms with Gasteiger partial charge < -0.3 is 51.1 Å². The molecule has 8 saturated heterocycles. The minimum atomic E-state index is -0.688. The number of ketones is 4. The van der Waals surface area contributed by atoms with Crippen molar-refractivity contribution < 1.29 is 48.6 Å². The second-order valence-electron chi connectivity index (χ2n) is 41.5. The lowest BCUT2D eigenvalue weighted by Gasteiger charge is -2.60. The van der Waals surface area contributed by atoms with E-state index in [0.29, 0.717) is 24.3 Å². The SMILES string of the molecule is Cc1ccc2c(c1)[C@]13CCN(CC4CC4)C[C@]1(CC[C@@]1(C3)NC(=O)CC1=O)C2.Cc1ccc2c(c1)[C@]13CCN(CC4CC4)C[C@]1(CC[C@]1(C3)NC(=O)CC1=O)C2.O=C1CC(=O)[C@@]2(CC[C@@]34Cc5ccc(O)cc5[C@@]3(CCN(CC3CC3)C4)C2)N1.O=C1CC(=O)[C@]2(CC[C@@]34Cc5ccc(O)cc5[C@@]3(CCN(CC3CC3)C4)C2)N1. The zero-order valence-corrected chi connectivity index (χ0v) is 66.3. The molecule has 24 rings (SSSR count). The van der Waals surface area contributed by atoms with E-state index in [1.165, 1.54) is 133 Å². The molecular formula is C94H116N8O10. The van der Waals surface area contributed by atoms with Gasteiger partial charge in [-0.2, -0.15) is 0 Å². The first-order valence-electron chi connectivity index (χ1n) is 43.9. The lowest BCUT2D eigenvalue weighted by molar-refractivity contribution is -0.129. The topological polar surface area (TPSA) is 238 Å². The highest BCUT2D eigenvalue weighted by Gasteiger charge is 2.72. The Bertz CT molecular complexity index is 4150. The van der Waals surface area contributed by atoms with Crippen molar-refractivity contribution in [2.24, 2.45) is 45.3 Å². The lowest BCUT2D eigenvalue weighted by Crippen LogP contribution is -2.65. The van der Waals surface area contributed by atoms with Crippen LogP contribution in [0.1, 0.15) is 235 Å². The minimum absolute atomic E-state index is 0.0315. The van der Waals surface area contributed by atoms with Crippen LogP contribution in [0, 0.1) is 59.2 Å². The van der Waals surface area contributed by atoms with Gasteiger partial charge in [-0.05, 0) is 334 Å². The zero-order valence-electron chi connectivity index (χ0n) is 66.3. The predicted molar refractivity (Wildman–Crippen MR) is 422 cm³/mol. The Labute approximate surface area is 659 Å². The molecule has 0 radical (unpaired) electrons. The second kappa shape index (κ2) is 25.2. The Morgan fingerprint density at radius 1 is 0.321 bits per heavy atom. The normalized spacial score (nSPS) is 39.6. The van der Waals surface area contributed by atoms with E-state index in [1.54, 1.807) is 12.1 Å². The Hall–Kier alpha value is -7.12. The number of phenols is 2. The Kier molecular flexibility index (Phi) is 16.3.